The topological polar surface area (TPSA) is 9.23 Å². The minimum absolute atomic E-state index is 0.0992. The zero-order chi connectivity index (χ0) is 16.8. The van der Waals surface area contributed by atoms with E-state index in [0.29, 0.717) is 0 Å². The van der Waals surface area contributed by atoms with Crippen LogP contribution < -0.4 is 15.9 Å². The zero-order valence-electron chi connectivity index (χ0n) is 12.8. The smallest absolute Gasteiger partial charge is 0.286 e. The van der Waals surface area contributed by atoms with E-state index in [-0.39, 0.29) is 4.49 Å². The Morgan fingerprint density at radius 3 is 1.25 bits per heavy atom. The van der Waals surface area contributed by atoms with Gasteiger partial charge in [-0.1, -0.05) is 77.8 Å². The van der Waals surface area contributed by atoms with Crippen LogP contribution in [0.1, 0.15) is 0 Å². The van der Waals surface area contributed by atoms with E-state index in [2.05, 4.69) is 36.4 Å². The summed E-state index contributed by atoms with van der Waals surface area (Å²) in [7, 11) is -2.35. The van der Waals surface area contributed by atoms with Crippen molar-refractivity contribution < 1.29 is 4.52 Å². The van der Waals surface area contributed by atoms with E-state index in [1.807, 2.05) is 54.6 Å². The van der Waals surface area contributed by atoms with E-state index < -0.39 is 7.49 Å². The molecule has 0 heterocycles. The summed E-state index contributed by atoms with van der Waals surface area (Å²) in [5.41, 5.74) is 0. The van der Waals surface area contributed by atoms with Crippen LogP contribution >= 0.6 is 30.7 Å². The number of halogens is 2. The van der Waals surface area contributed by atoms with Crippen molar-refractivity contribution in [2.24, 2.45) is 0 Å². The van der Waals surface area contributed by atoms with Crippen molar-refractivity contribution in [3.63, 3.8) is 0 Å². The van der Waals surface area contributed by atoms with Gasteiger partial charge in [0.2, 0.25) is 0 Å². The summed E-state index contributed by atoms with van der Waals surface area (Å²) in [6.07, 6.45) is 1.43. The van der Waals surface area contributed by atoms with Gasteiger partial charge in [0.05, 0.1) is 0 Å². The molecule has 0 aromatic heterocycles. The van der Waals surface area contributed by atoms with E-state index >= 15 is 0 Å². The minimum atomic E-state index is -2.35. The molecule has 0 aliphatic rings. The average Bonchev–Trinajstić information content (AvgIpc) is 2.65. The van der Waals surface area contributed by atoms with Crippen LogP contribution in [0.3, 0.4) is 0 Å². The molecule has 3 aromatic rings. The lowest BCUT2D eigenvalue weighted by Crippen LogP contribution is -2.31. The van der Waals surface area contributed by atoms with Gasteiger partial charge >= 0.3 is 0 Å². The monoisotopic (exact) mass is 373 g/mol. The summed E-state index contributed by atoms with van der Waals surface area (Å²) >= 11 is 11.7. The van der Waals surface area contributed by atoms with Crippen LogP contribution in [0.2, 0.25) is 0 Å². The van der Waals surface area contributed by atoms with Crippen LogP contribution in [-0.4, -0.2) is 0 Å². The summed E-state index contributed by atoms with van der Waals surface area (Å²) in [5, 5.41) is 3.31. The van der Waals surface area contributed by atoms with Gasteiger partial charge in [0, 0.05) is 0 Å². The summed E-state index contributed by atoms with van der Waals surface area (Å²) < 4.78 is 6.43. The first kappa shape index (κ1) is 17.0. The lowest BCUT2D eigenvalue weighted by atomic mass is 10.4. The van der Waals surface area contributed by atoms with Crippen LogP contribution in [0.4, 0.5) is 0 Å². The van der Waals surface area contributed by atoms with E-state index in [4.69, 9.17) is 27.7 Å². The molecule has 0 radical (unpaired) electrons. The van der Waals surface area contributed by atoms with Gasteiger partial charge in [0.15, 0.2) is 6.26 Å². The molecule has 3 rings (SSSR count). The predicted molar refractivity (Wildman–Crippen MR) is 106 cm³/mol. The van der Waals surface area contributed by atoms with Gasteiger partial charge in [-0.25, -0.2) is 0 Å². The van der Waals surface area contributed by atoms with Crippen LogP contribution in [0.25, 0.3) is 0 Å². The number of hydrogen-bond donors (Lipinski definition) is 0. The molecule has 0 N–H and O–H groups in total. The van der Waals surface area contributed by atoms with Crippen molar-refractivity contribution in [1.29, 1.82) is 0 Å². The van der Waals surface area contributed by atoms with Gasteiger partial charge in [-0.2, -0.15) is 0 Å². The van der Waals surface area contributed by atoms with Gasteiger partial charge in [0.1, 0.15) is 20.4 Å². The van der Waals surface area contributed by atoms with Crippen LogP contribution in [0.5, 0.6) is 0 Å². The Morgan fingerprint density at radius 1 is 0.625 bits per heavy atom. The first-order valence-corrected chi connectivity index (χ1v) is 9.95. The van der Waals surface area contributed by atoms with Crippen molar-refractivity contribution >= 4 is 46.6 Å². The predicted octanol–water partition coefficient (Wildman–Crippen LogP) is 5.19. The van der Waals surface area contributed by atoms with Crippen LogP contribution in [-0.2, 0) is 4.52 Å². The SMILES string of the molecule is ClC(Cl)=CO[P+](c1ccccc1)(c1ccccc1)c1ccccc1. The maximum Gasteiger partial charge on any atom is 0.286 e. The third kappa shape index (κ3) is 3.49. The van der Waals surface area contributed by atoms with Gasteiger partial charge in [0.25, 0.3) is 7.49 Å². The third-order valence-corrected chi connectivity index (χ3v) is 7.34. The Kier molecular flexibility index (Phi) is 5.58. The van der Waals surface area contributed by atoms with E-state index in [0.717, 1.165) is 15.9 Å². The van der Waals surface area contributed by atoms with Crippen LogP contribution in [0, 0.1) is 0 Å². The molecule has 0 amide bonds. The molecule has 0 fully saturated rings. The molecule has 0 unspecified atom stereocenters. The van der Waals surface area contributed by atoms with Crippen molar-refractivity contribution in [2.75, 3.05) is 0 Å². The van der Waals surface area contributed by atoms with Crippen molar-refractivity contribution in [1.82, 2.24) is 0 Å². The Hall–Kier alpha value is -1.79. The van der Waals surface area contributed by atoms with Gasteiger partial charge < -0.3 is 4.52 Å². The maximum atomic E-state index is 6.33. The Labute approximate surface area is 152 Å². The second-order valence-electron chi connectivity index (χ2n) is 5.13. The Bertz CT molecular complexity index is 704. The normalized spacial score (nSPS) is 10.9. The largest absolute Gasteiger partial charge is 0.339 e. The standard InChI is InChI=1S/C20H16Cl2OP/c21-20(22)16-23-24(17-10-4-1-5-11-17,18-12-6-2-7-13-18)19-14-8-3-9-15-19/h1-16H/q+1. The van der Waals surface area contributed by atoms with Gasteiger partial charge in [-0.05, 0) is 36.4 Å². The average molecular weight is 374 g/mol. The minimum Gasteiger partial charge on any atom is -0.339 e. The van der Waals surface area contributed by atoms with Gasteiger partial charge in [-0.15, -0.1) is 0 Å². The molecule has 0 bridgehead atoms. The first-order chi connectivity index (χ1) is 11.7. The number of rotatable bonds is 5. The lowest BCUT2D eigenvalue weighted by molar-refractivity contribution is 0.540. The highest BCUT2D eigenvalue weighted by Crippen LogP contribution is 2.56. The molecule has 0 saturated carbocycles. The molecular weight excluding hydrogens is 358 g/mol. The lowest BCUT2D eigenvalue weighted by Gasteiger charge is -2.24. The fraction of sp³-hybridized carbons (Fsp3) is 0. The molecule has 0 saturated heterocycles. The molecule has 24 heavy (non-hydrogen) atoms. The van der Waals surface area contributed by atoms with Crippen LogP contribution in [0.15, 0.2) is 102 Å². The second-order valence-corrected chi connectivity index (χ2v) is 9.12. The molecule has 0 aliphatic carbocycles. The number of hydrogen-bond acceptors (Lipinski definition) is 1. The van der Waals surface area contributed by atoms with Crippen molar-refractivity contribution in [3.05, 3.63) is 102 Å². The van der Waals surface area contributed by atoms with E-state index in [1.165, 1.54) is 6.26 Å². The van der Waals surface area contributed by atoms with E-state index in [1.54, 1.807) is 0 Å². The highest BCUT2D eigenvalue weighted by molar-refractivity contribution is 7.91. The molecular formula is C20H16Cl2OP+. The molecule has 3 aromatic carbocycles. The molecule has 120 valence electrons. The number of benzene rings is 3. The summed E-state index contributed by atoms with van der Waals surface area (Å²) in [6, 6.07) is 30.6. The summed E-state index contributed by atoms with van der Waals surface area (Å²) in [4.78, 5) is 0. The maximum absolute atomic E-state index is 6.33. The zero-order valence-corrected chi connectivity index (χ0v) is 15.3. The Morgan fingerprint density at radius 2 is 0.958 bits per heavy atom. The summed E-state index contributed by atoms with van der Waals surface area (Å²) in [6.45, 7) is 0. The molecule has 1 nitrogen and oxygen atoms in total. The van der Waals surface area contributed by atoms with Crippen molar-refractivity contribution in [3.8, 4) is 0 Å². The summed E-state index contributed by atoms with van der Waals surface area (Å²) in [5.74, 6) is 0. The third-order valence-electron chi connectivity index (χ3n) is 3.66. The Balaban J connectivity index is 2.30. The highest BCUT2D eigenvalue weighted by atomic mass is 35.5. The fourth-order valence-corrected chi connectivity index (χ4v) is 6.17. The highest BCUT2D eigenvalue weighted by Gasteiger charge is 2.48. The molecule has 0 atom stereocenters. The quantitative estimate of drug-likeness (QED) is 0.441. The van der Waals surface area contributed by atoms with Gasteiger partial charge in [-0.3, -0.25) is 0 Å². The molecule has 4 heteroatoms. The second kappa shape index (κ2) is 7.85. The first-order valence-electron chi connectivity index (χ1n) is 7.49. The van der Waals surface area contributed by atoms with E-state index in [9.17, 15) is 0 Å². The fourth-order valence-electron chi connectivity index (χ4n) is 2.66. The molecule has 0 aliphatic heterocycles. The molecule has 0 spiro atoms. The van der Waals surface area contributed by atoms with Crippen molar-refractivity contribution in [2.45, 2.75) is 0 Å².